The van der Waals surface area contributed by atoms with Crippen LogP contribution in [0.1, 0.15) is 30.9 Å². The number of aromatic nitrogens is 3. The van der Waals surface area contributed by atoms with Crippen molar-refractivity contribution in [2.75, 3.05) is 5.73 Å². The summed E-state index contributed by atoms with van der Waals surface area (Å²) in [6.07, 6.45) is 7.34. The van der Waals surface area contributed by atoms with Gasteiger partial charge in [-0.05, 0) is 30.5 Å². The fraction of sp³-hybridized carbons (Fsp3) is 0.333. The Morgan fingerprint density at radius 1 is 1.25 bits per heavy atom. The second-order valence-corrected chi connectivity index (χ2v) is 4.26. The summed E-state index contributed by atoms with van der Waals surface area (Å²) >= 11 is 0. The molecule has 1 saturated carbocycles. The number of rotatable bonds is 2. The molecular weight excluding hydrogens is 200 g/mol. The van der Waals surface area contributed by atoms with Gasteiger partial charge in [-0.25, -0.2) is 0 Å². The fourth-order valence-electron chi connectivity index (χ4n) is 2.18. The van der Waals surface area contributed by atoms with E-state index < -0.39 is 0 Å². The van der Waals surface area contributed by atoms with E-state index >= 15 is 0 Å². The molecule has 4 heteroatoms. The van der Waals surface area contributed by atoms with Gasteiger partial charge in [0.2, 0.25) is 0 Å². The molecule has 0 radical (unpaired) electrons. The molecule has 0 aromatic carbocycles. The number of nitrogen functional groups attached to an aromatic ring is 1. The standard InChI is InChI=1S/C12H14N4/c13-12-10(8-4-6-14-7-5-8)11(15-16-12)9-2-1-3-9/h4-7,9H,1-3H2,(H3,13,15,16). The highest BCUT2D eigenvalue weighted by Gasteiger charge is 2.26. The predicted molar refractivity (Wildman–Crippen MR) is 62.8 cm³/mol. The highest BCUT2D eigenvalue weighted by Crippen LogP contribution is 2.41. The second kappa shape index (κ2) is 3.63. The summed E-state index contributed by atoms with van der Waals surface area (Å²) < 4.78 is 0. The van der Waals surface area contributed by atoms with Gasteiger partial charge in [0.05, 0.1) is 0 Å². The van der Waals surface area contributed by atoms with Crippen molar-refractivity contribution >= 4 is 5.82 Å². The lowest BCUT2D eigenvalue weighted by molar-refractivity contribution is 0.411. The third-order valence-corrected chi connectivity index (χ3v) is 3.30. The van der Waals surface area contributed by atoms with E-state index in [4.69, 9.17) is 5.73 Å². The lowest BCUT2D eigenvalue weighted by Crippen LogP contribution is -2.10. The van der Waals surface area contributed by atoms with Crippen molar-refractivity contribution in [3.63, 3.8) is 0 Å². The Labute approximate surface area is 93.9 Å². The minimum absolute atomic E-state index is 0.591. The van der Waals surface area contributed by atoms with E-state index in [0.717, 1.165) is 11.1 Å². The molecule has 82 valence electrons. The lowest BCUT2D eigenvalue weighted by atomic mass is 9.80. The molecule has 0 saturated heterocycles. The van der Waals surface area contributed by atoms with E-state index in [1.807, 2.05) is 12.1 Å². The Kier molecular flexibility index (Phi) is 2.13. The molecule has 3 rings (SSSR count). The summed E-state index contributed by atoms with van der Waals surface area (Å²) in [5.74, 6) is 1.20. The van der Waals surface area contributed by atoms with Crippen LogP contribution in [0.25, 0.3) is 11.1 Å². The summed E-state index contributed by atoms with van der Waals surface area (Å²) in [4.78, 5) is 4.02. The number of hydrogen-bond donors (Lipinski definition) is 2. The molecule has 0 aliphatic heterocycles. The first-order chi connectivity index (χ1) is 7.86. The SMILES string of the molecule is Nc1n[nH]c(C2CCC2)c1-c1ccncc1. The van der Waals surface area contributed by atoms with Crippen LogP contribution < -0.4 is 5.73 Å². The number of nitrogens with two attached hydrogens (primary N) is 1. The minimum Gasteiger partial charge on any atom is -0.382 e. The molecule has 0 unspecified atom stereocenters. The third kappa shape index (κ3) is 1.38. The van der Waals surface area contributed by atoms with Crippen molar-refractivity contribution in [2.45, 2.75) is 25.2 Å². The van der Waals surface area contributed by atoms with E-state index in [-0.39, 0.29) is 0 Å². The van der Waals surface area contributed by atoms with E-state index in [0.29, 0.717) is 11.7 Å². The highest BCUT2D eigenvalue weighted by molar-refractivity contribution is 5.76. The molecule has 1 aliphatic rings. The molecule has 2 aromatic heterocycles. The van der Waals surface area contributed by atoms with Crippen molar-refractivity contribution in [1.29, 1.82) is 0 Å². The molecule has 1 fully saturated rings. The van der Waals surface area contributed by atoms with Crippen molar-refractivity contribution < 1.29 is 0 Å². The van der Waals surface area contributed by atoms with Gasteiger partial charge in [-0.1, -0.05) is 6.42 Å². The van der Waals surface area contributed by atoms with Crippen LogP contribution in [-0.2, 0) is 0 Å². The average molecular weight is 214 g/mol. The molecule has 0 amide bonds. The Balaban J connectivity index is 2.08. The average Bonchev–Trinajstić information content (AvgIpc) is 2.59. The summed E-state index contributed by atoms with van der Waals surface area (Å²) in [6.45, 7) is 0. The smallest absolute Gasteiger partial charge is 0.153 e. The van der Waals surface area contributed by atoms with Gasteiger partial charge in [0, 0.05) is 29.6 Å². The number of aromatic amines is 1. The Hall–Kier alpha value is -1.84. The molecule has 1 aliphatic carbocycles. The van der Waals surface area contributed by atoms with Gasteiger partial charge in [0.25, 0.3) is 0 Å². The summed E-state index contributed by atoms with van der Waals surface area (Å²) in [6, 6.07) is 3.95. The minimum atomic E-state index is 0.591. The normalized spacial score (nSPS) is 16.0. The largest absolute Gasteiger partial charge is 0.382 e. The van der Waals surface area contributed by atoms with Gasteiger partial charge in [0.15, 0.2) is 5.82 Å². The molecule has 4 nitrogen and oxygen atoms in total. The number of nitrogens with one attached hydrogen (secondary N) is 1. The zero-order valence-corrected chi connectivity index (χ0v) is 8.98. The van der Waals surface area contributed by atoms with Gasteiger partial charge in [-0.3, -0.25) is 10.1 Å². The number of nitrogens with zero attached hydrogens (tertiary/aromatic N) is 2. The van der Waals surface area contributed by atoms with Crippen LogP contribution in [-0.4, -0.2) is 15.2 Å². The van der Waals surface area contributed by atoms with Crippen LogP contribution in [0, 0.1) is 0 Å². The van der Waals surface area contributed by atoms with Crippen LogP contribution in [0.5, 0.6) is 0 Å². The fourth-order valence-corrected chi connectivity index (χ4v) is 2.18. The molecule has 2 heterocycles. The number of H-pyrrole nitrogens is 1. The van der Waals surface area contributed by atoms with E-state index in [1.165, 1.54) is 25.0 Å². The van der Waals surface area contributed by atoms with E-state index in [9.17, 15) is 0 Å². The van der Waals surface area contributed by atoms with Gasteiger partial charge in [-0.2, -0.15) is 5.10 Å². The number of hydrogen-bond acceptors (Lipinski definition) is 3. The van der Waals surface area contributed by atoms with Crippen molar-refractivity contribution in [2.24, 2.45) is 0 Å². The summed E-state index contributed by atoms with van der Waals surface area (Å²) in [5.41, 5.74) is 9.28. The maximum absolute atomic E-state index is 5.93. The molecular formula is C12H14N4. The van der Waals surface area contributed by atoms with Gasteiger partial charge >= 0.3 is 0 Å². The van der Waals surface area contributed by atoms with Crippen LogP contribution >= 0.6 is 0 Å². The van der Waals surface area contributed by atoms with Crippen LogP contribution in [0.4, 0.5) is 5.82 Å². The molecule has 0 bridgehead atoms. The van der Waals surface area contributed by atoms with Crippen molar-refractivity contribution in [3.05, 3.63) is 30.2 Å². The summed E-state index contributed by atoms with van der Waals surface area (Å²) in [5, 5.41) is 7.21. The monoisotopic (exact) mass is 214 g/mol. The Bertz CT molecular complexity index is 485. The van der Waals surface area contributed by atoms with E-state index in [1.54, 1.807) is 12.4 Å². The molecule has 0 spiro atoms. The lowest BCUT2D eigenvalue weighted by Gasteiger charge is -2.25. The zero-order chi connectivity index (χ0) is 11.0. The number of pyridine rings is 1. The molecule has 3 N–H and O–H groups in total. The highest BCUT2D eigenvalue weighted by atomic mass is 15.2. The first kappa shape index (κ1) is 9.39. The maximum atomic E-state index is 5.93. The first-order valence-corrected chi connectivity index (χ1v) is 5.60. The van der Waals surface area contributed by atoms with Gasteiger partial charge in [-0.15, -0.1) is 0 Å². The van der Waals surface area contributed by atoms with E-state index in [2.05, 4.69) is 15.2 Å². The topological polar surface area (TPSA) is 67.6 Å². The van der Waals surface area contributed by atoms with Crippen LogP contribution in [0.3, 0.4) is 0 Å². The summed E-state index contributed by atoms with van der Waals surface area (Å²) in [7, 11) is 0. The molecule has 16 heavy (non-hydrogen) atoms. The van der Waals surface area contributed by atoms with Gasteiger partial charge in [0.1, 0.15) is 0 Å². The predicted octanol–water partition coefficient (Wildman–Crippen LogP) is 2.32. The number of anilines is 1. The molecule has 2 aromatic rings. The van der Waals surface area contributed by atoms with Crippen LogP contribution in [0.2, 0.25) is 0 Å². The maximum Gasteiger partial charge on any atom is 0.153 e. The van der Waals surface area contributed by atoms with Crippen molar-refractivity contribution in [3.8, 4) is 11.1 Å². The van der Waals surface area contributed by atoms with Crippen LogP contribution in [0.15, 0.2) is 24.5 Å². The Morgan fingerprint density at radius 3 is 2.62 bits per heavy atom. The van der Waals surface area contributed by atoms with Gasteiger partial charge < -0.3 is 5.73 Å². The Morgan fingerprint density at radius 2 is 2.00 bits per heavy atom. The first-order valence-electron chi connectivity index (χ1n) is 5.60. The molecule has 0 atom stereocenters. The van der Waals surface area contributed by atoms with Crippen molar-refractivity contribution in [1.82, 2.24) is 15.2 Å². The quantitative estimate of drug-likeness (QED) is 0.806. The third-order valence-electron chi connectivity index (χ3n) is 3.30. The zero-order valence-electron chi connectivity index (χ0n) is 8.98. The second-order valence-electron chi connectivity index (χ2n) is 4.26.